The van der Waals surface area contributed by atoms with Crippen LogP contribution in [0, 0.1) is 0 Å². The fourth-order valence-corrected chi connectivity index (χ4v) is 2.88. The van der Waals surface area contributed by atoms with E-state index in [1.54, 1.807) is 6.07 Å². The summed E-state index contributed by atoms with van der Waals surface area (Å²) in [6.45, 7) is -0.472. The third kappa shape index (κ3) is 3.34. The van der Waals surface area contributed by atoms with E-state index >= 15 is 0 Å². The van der Waals surface area contributed by atoms with Crippen LogP contribution in [-0.4, -0.2) is 10.5 Å². The van der Waals surface area contributed by atoms with Gasteiger partial charge in [-0.05, 0) is 54.7 Å². The maximum atomic E-state index is 12.7. The summed E-state index contributed by atoms with van der Waals surface area (Å²) in [4.78, 5) is 23.9. The maximum absolute atomic E-state index is 12.7. The Morgan fingerprint density at radius 2 is 1.92 bits per heavy atom. The summed E-state index contributed by atoms with van der Waals surface area (Å²) in [5.74, 6) is -0.547. The van der Waals surface area contributed by atoms with Gasteiger partial charge in [0.25, 0.3) is 5.56 Å². The lowest BCUT2D eigenvalue weighted by Gasteiger charge is -2.11. The van der Waals surface area contributed by atoms with E-state index in [1.807, 2.05) is 12.1 Å². The van der Waals surface area contributed by atoms with Crippen LogP contribution in [0.25, 0.3) is 0 Å². The van der Waals surface area contributed by atoms with E-state index in [2.05, 4.69) is 5.32 Å². The van der Waals surface area contributed by atoms with E-state index in [-0.39, 0.29) is 0 Å². The van der Waals surface area contributed by atoms with E-state index in [9.17, 15) is 22.8 Å². The second-order valence-corrected chi connectivity index (χ2v) is 5.74. The second-order valence-electron chi connectivity index (χ2n) is 5.74. The molecule has 0 radical (unpaired) electrons. The van der Waals surface area contributed by atoms with Gasteiger partial charge in [0.2, 0.25) is 5.91 Å². The molecule has 0 bridgehead atoms. The molecule has 24 heavy (non-hydrogen) atoms. The van der Waals surface area contributed by atoms with Crippen LogP contribution in [0.2, 0.25) is 0 Å². The van der Waals surface area contributed by atoms with Crippen LogP contribution in [-0.2, 0) is 30.4 Å². The van der Waals surface area contributed by atoms with E-state index in [0.29, 0.717) is 11.8 Å². The Labute approximate surface area is 135 Å². The summed E-state index contributed by atoms with van der Waals surface area (Å²) in [5, 5.41) is 2.63. The second kappa shape index (κ2) is 6.14. The van der Waals surface area contributed by atoms with Crippen LogP contribution < -0.4 is 10.9 Å². The number of anilines is 1. The largest absolute Gasteiger partial charge is 0.421 e. The highest BCUT2D eigenvalue weighted by molar-refractivity contribution is 5.90. The Kier molecular flexibility index (Phi) is 4.17. The first-order chi connectivity index (χ1) is 11.3. The molecule has 0 aliphatic heterocycles. The molecule has 1 heterocycles. The highest BCUT2D eigenvalue weighted by atomic mass is 19.4. The zero-order chi connectivity index (χ0) is 17.3. The number of nitrogens with zero attached hydrogens (tertiary/aromatic N) is 1. The zero-order valence-electron chi connectivity index (χ0n) is 12.7. The van der Waals surface area contributed by atoms with Gasteiger partial charge in [-0.1, -0.05) is 6.07 Å². The van der Waals surface area contributed by atoms with Crippen molar-refractivity contribution < 1.29 is 18.0 Å². The maximum Gasteiger partial charge on any atom is 0.421 e. The summed E-state index contributed by atoms with van der Waals surface area (Å²) in [7, 11) is 0. The van der Waals surface area contributed by atoms with Crippen molar-refractivity contribution in [3.63, 3.8) is 0 Å². The average Bonchev–Trinajstić information content (AvgIpc) is 2.95. The molecule has 2 aromatic rings. The van der Waals surface area contributed by atoms with E-state index < -0.39 is 29.8 Å². The monoisotopic (exact) mass is 336 g/mol. The van der Waals surface area contributed by atoms with Gasteiger partial charge in [0.05, 0.1) is 0 Å². The van der Waals surface area contributed by atoms with Gasteiger partial charge in [-0.2, -0.15) is 13.2 Å². The first kappa shape index (κ1) is 16.3. The highest BCUT2D eigenvalue weighted by Gasteiger charge is 2.34. The van der Waals surface area contributed by atoms with Crippen molar-refractivity contribution in [1.82, 2.24) is 4.57 Å². The predicted molar refractivity (Wildman–Crippen MR) is 82.8 cm³/mol. The lowest BCUT2D eigenvalue weighted by Crippen LogP contribution is -2.31. The molecule has 3 rings (SSSR count). The normalized spacial score (nSPS) is 13.6. The molecule has 0 saturated carbocycles. The van der Waals surface area contributed by atoms with Crippen molar-refractivity contribution in [3.8, 4) is 0 Å². The quantitative estimate of drug-likeness (QED) is 0.937. The van der Waals surface area contributed by atoms with Gasteiger partial charge in [-0.25, -0.2) is 0 Å². The molecule has 0 spiro atoms. The summed E-state index contributed by atoms with van der Waals surface area (Å²) in [6.07, 6.45) is -0.530. The molecule has 1 aromatic carbocycles. The van der Waals surface area contributed by atoms with Crippen LogP contribution in [0.15, 0.2) is 41.3 Å². The number of halogens is 3. The third-order valence-corrected chi connectivity index (χ3v) is 4.02. The fourth-order valence-electron chi connectivity index (χ4n) is 2.88. The van der Waals surface area contributed by atoms with E-state index in [4.69, 9.17) is 0 Å². The molecule has 0 saturated heterocycles. The number of carbonyl (C=O) groups is 1. The molecule has 0 unspecified atom stereocenters. The third-order valence-electron chi connectivity index (χ3n) is 4.02. The van der Waals surface area contributed by atoms with Crippen molar-refractivity contribution in [1.29, 1.82) is 0 Å². The van der Waals surface area contributed by atoms with E-state index in [0.717, 1.165) is 29.9 Å². The molecule has 0 fully saturated rings. The molecular formula is C17H15F3N2O2. The smallest absolute Gasteiger partial charge is 0.325 e. The van der Waals surface area contributed by atoms with Gasteiger partial charge < -0.3 is 9.88 Å². The molecule has 1 aromatic heterocycles. The first-order valence-corrected chi connectivity index (χ1v) is 7.53. The number of nitrogens with one attached hydrogen (secondary N) is 1. The number of hydrogen-bond acceptors (Lipinski definition) is 2. The molecule has 7 heteroatoms. The number of aromatic nitrogens is 1. The SMILES string of the molecule is O=C(Cn1cccc(C(F)(F)F)c1=O)Nc1ccc2c(c1)CCC2. The topological polar surface area (TPSA) is 51.1 Å². The Morgan fingerprint density at radius 1 is 1.17 bits per heavy atom. The van der Waals surface area contributed by atoms with Gasteiger partial charge in [-0.15, -0.1) is 0 Å². The molecule has 1 aliphatic rings. The van der Waals surface area contributed by atoms with Crippen molar-refractivity contribution in [2.45, 2.75) is 32.0 Å². The molecule has 1 amide bonds. The standard InChI is InChI=1S/C17H15F3N2O2/c18-17(19,20)14-5-2-8-22(16(14)24)10-15(23)21-13-7-6-11-3-1-4-12(11)9-13/h2,5-9H,1,3-4,10H2,(H,21,23). The summed E-state index contributed by atoms with van der Waals surface area (Å²) in [6, 6.07) is 7.38. The number of aryl methyl sites for hydroxylation is 2. The summed E-state index contributed by atoms with van der Waals surface area (Å²) >= 11 is 0. The first-order valence-electron chi connectivity index (χ1n) is 7.53. The number of alkyl halides is 3. The van der Waals surface area contributed by atoms with Crippen molar-refractivity contribution in [2.75, 3.05) is 5.32 Å². The zero-order valence-corrected chi connectivity index (χ0v) is 12.7. The molecule has 4 nitrogen and oxygen atoms in total. The minimum atomic E-state index is -4.74. The van der Waals surface area contributed by atoms with Gasteiger partial charge in [0.15, 0.2) is 0 Å². The van der Waals surface area contributed by atoms with Crippen LogP contribution in [0.5, 0.6) is 0 Å². The molecule has 126 valence electrons. The van der Waals surface area contributed by atoms with Gasteiger partial charge in [0, 0.05) is 11.9 Å². The van der Waals surface area contributed by atoms with Crippen LogP contribution >= 0.6 is 0 Å². The molecule has 1 aliphatic carbocycles. The Balaban J connectivity index is 1.75. The molecular weight excluding hydrogens is 321 g/mol. The minimum absolute atomic E-state index is 0.472. The summed E-state index contributed by atoms with van der Waals surface area (Å²) < 4.78 is 38.9. The lowest BCUT2D eigenvalue weighted by atomic mass is 10.1. The Morgan fingerprint density at radius 3 is 2.67 bits per heavy atom. The number of carbonyl (C=O) groups excluding carboxylic acids is 1. The Hall–Kier alpha value is -2.57. The number of rotatable bonds is 3. The minimum Gasteiger partial charge on any atom is -0.325 e. The predicted octanol–water partition coefficient (Wildman–Crippen LogP) is 2.99. The summed E-state index contributed by atoms with van der Waals surface area (Å²) in [5.41, 5.74) is 0.497. The number of amides is 1. The Bertz CT molecular complexity index is 840. The number of hydrogen-bond donors (Lipinski definition) is 1. The highest BCUT2D eigenvalue weighted by Crippen LogP contribution is 2.26. The van der Waals surface area contributed by atoms with Crippen LogP contribution in [0.3, 0.4) is 0 Å². The van der Waals surface area contributed by atoms with Crippen LogP contribution in [0.4, 0.5) is 18.9 Å². The van der Waals surface area contributed by atoms with Crippen LogP contribution in [0.1, 0.15) is 23.1 Å². The van der Waals surface area contributed by atoms with Gasteiger partial charge in [0.1, 0.15) is 12.1 Å². The molecule has 0 atom stereocenters. The van der Waals surface area contributed by atoms with Gasteiger partial charge >= 0.3 is 6.18 Å². The van der Waals surface area contributed by atoms with E-state index in [1.165, 1.54) is 17.3 Å². The average molecular weight is 336 g/mol. The molecule has 1 N–H and O–H groups in total. The number of benzene rings is 1. The van der Waals surface area contributed by atoms with Crippen molar-refractivity contribution in [2.24, 2.45) is 0 Å². The number of pyridine rings is 1. The van der Waals surface area contributed by atoms with Crippen molar-refractivity contribution >= 4 is 11.6 Å². The number of fused-ring (bicyclic) bond motifs is 1. The van der Waals surface area contributed by atoms with Crippen molar-refractivity contribution in [3.05, 3.63) is 63.6 Å². The fraction of sp³-hybridized carbons (Fsp3) is 0.294. The lowest BCUT2D eigenvalue weighted by molar-refractivity contribution is -0.139. The van der Waals surface area contributed by atoms with Gasteiger partial charge in [-0.3, -0.25) is 9.59 Å².